The van der Waals surface area contributed by atoms with Gasteiger partial charge in [-0.1, -0.05) is 63.6 Å². The highest BCUT2D eigenvalue weighted by atomic mass is 16.6. The predicted molar refractivity (Wildman–Crippen MR) is 322 cm³/mol. The smallest absolute Gasteiger partial charge is 0.344 e. The maximum atomic E-state index is 13.9. The zero-order chi connectivity index (χ0) is 61.6. The summed E-state index contributed by atoms with van der Waals surface area (Å²) in [4.78, 5) is 88.6. The summed E-state index contributed by atoms with van der Waals surface area (Å²) in [6.07, 6.45) is 13.5. The van der Waals surface area contributed by atoms with Crippen molar-refractivity contribution in [2.45, 2.75) is 110 Å². The van der Waals surface area contributed by atoms with Gasteiger partial charge in [-0.2, -0.15) is 0 Å². The van der Waals surface area contributed by atoms with Crippen molar-refractivity contribution in [1.29, 1.82) is 0 Å². The maximum absolute atomic E-state index is 13.9. The van der Waals surface area contributed by atoms with Gasteiger partial charge in [-0.05, 0) is 179 Å². The minimum absolute atomic E-state index is 0.0740. The highest BCUT2D eigenvalue weighted by molar-refractivity contribution is 6.06. The molecule has 19 nitrogen and oxygen atoms in total. The number of nitrogens with zero attached hydrogens (tertiary/aromatic N) is 1. The molecule has 1 atom stereocenters. The van der Waals surface area contributed by atoms with Crippen LogP contribution in [0.15, 0.2) is 153 Å². The number of hydrogen-bond acceptors (Lipinski definition) is 18. The van der Waals surface area contributed by atoms with Crippen LogP contribution >= 0.6 is 0 Å². The van der Waals surface area contributed by atoms with Crippen LogP contribution in [0.2, 0.25) is 0 Å². The third kappa shape index (κ3) is 21.4. The molecule has 6 aromatic rings. The molecule has 0 heterocycles. The molecular formula is C67H72N2O17. The maximum Gasteiger partial charge on any atom is 0.344 e. The first kappa shape index (κ1) is 65.4. The molecule has 19 heteroatoms. The van der Waals surface area contributed by atoms with Crippen molar-refractivity contribution in [3.05, 3.63) is 191 Å². The molecule has 0 spiro atoms. The minimum atomic E-state index is -0.968. The molecule has 0 aliphatic rings. The van der Waals surface area contributed by atoms with E-state index >= 15 is 0 Å². The summed E-state index contributed by atoms with van der Waals surface area (Å²) in [5, 5.41) is 12.2. The lowest BCUT2D eigenvalue weighted by Gasteiger charge is -2.17. The van der Waals surface area contributed by atoms with E-state index in [1.54, 1.807) is 60.7 Å². The summed E-state index contributed by atoms with van der Waals surface area (Å²) in [7, 11) is 0. The third-order valence-electron chi connectivity index (χ3n) is 13.3. The number of esters is 6. The molecule has 2 N–H and O–H groups in total. The molecule has 0 aromatic heterocycles. The number of nitrogens with two attached hydrogens (primary N) is 1. The lowest BCUT2D eigenvalue weighted by atomic mass is 10.0. The number of benzene rings is 6. The zero-order valence-corrected chi connectivity index (χ0v) is 48.5. The average Bonchev–Trinajstić information content (AvgIpc) is 3.44. The van der Waals surface area contributed by atoms with Gasteiger partial charge in [-0.15, -0.1) is 0 Å². The van der Waals surface area contributed by atoms with Crippen LogP contribution in [0.3, 0.4) is 0 Å². The monoisotopic (exact) mass is 1180 g/mol. The van der Waals surface area contributed by atoms with Gasteiger partial charge in [-0.25, -0.2) is 28.8 Å². The Morgan fingerprint density at radius 3 is 1.52 bits per heavy atom. The topological polar surface area (TPSA) is 255 Å². The second-order valence-electron chi connectivity index (χ2n) is 19.9. The number of nitro benzene ring substituents is 1. The van der Waals surface area contributed by atoms with Gasteiger partial charge in [0.15, 0.2) is 0 Å². The summed E-state index contributed by atoms with van der Waals surface area (Å²) in [6.45, 7) is 12.0. The van der Waals surface area contributed by atoms with Crippen LogP contribution in [0.5, 0.6) is 34.5 Å². The molecule has 0 radical (unpaired) electrons. The molecule has 0 amide bonds. The molecule has 6 rings (SSSR count). The molecule has 0 fully saturated rings. The van der Waals surface area contributed by atoms with Gasteiger partial charge in [0.2, 0.25) is 0 Å². The lowest BCUT2D eigenvalue weighted by Crippen LogP contribution is -2.18. The largest absolute Gasteiger partial charge is 0.494 e. The zero-order valence-electron chi connectivity index (χ0n) is 48.5. The van der Waals surface area contributed by atoms with E-state index in [4.69, 9.17) is 48.4 Å². The highest BCUT2D eigenvalue weighted by Gasteiger charge is 2.25. The fourth-order valence-electron chi connectivity index (χ4n) is 8.55. The van der Waals surface area contributed by atoms with Gasteiger partial charge < -0.3 is 48.4 Å². The molecule has 0 aliphatic carbocycles. The van der Waals surface area contributed by atoms with Crippen molar-refractivity contribution in [3.8, 4) is 45.6 Å². The second-order valence-corrected chi connectivity index (χ2v) is 19.9. The highest BCUT2D eigenvalue weighted by Crippen LogP contribution is 2.38. The Hall–Kier alpha value is -9.78. The van der Waals surface area contributed by atoms with Gasteiger partial charge in [-0.3, -0.25) is 10.1 Å². The van der Waals surface area contributed by atoms with Gasteiger partial charge >= 0.3 is 35.8 Å². The number of unbranched alkanes of at least 4 members (excludes halogenated alkanes) is 9. The Bertz CT molecular complexity index is 3250. The van der Waals surface area contributed by atoms with Crippen LogP contribution in [0.4, 0.5) is 11.4 Å². The summed E-state index contributed by atoms with van der Waals surface area (Å²) < 4.78 is 50.2. The molecule has 6 aromatic carbocycles. The van der Waals surface area contributed by atoms with Crippen LogP contribution < -0.4 is 34.2 Å². The van der Waals surface area contributed by atoms with Gasteiger partial charge in [0, 0.05) is 12.2 Å². The normalized spacial score (nSPS) is 11.0. The van der Waals surface area contributed by atoms with Crippen LogP contribution in [-0.2, 0) is 30.4 Å². The quantitative estimate of drug-likeness (QED) is 0.00560. The van der Waals surface area contributed by atoms with E-state index < -0.39 is 40.7 Å². The SMILES string of the molecule is C=CC(=O)OCCCCCCOc1ccc(OC(=O)c2ccc(C(=O)Oc3ccc(OCCCCCCOC(=O)C=C)cc3)c(C(=O)OCc3ccc(OC(=O)c4ccc(-c5cc(N)c(O[C@@H](C)CCCCCC)cc5[N+](=O)[O-])cc4)cc3)c2)cc1. The standard InChI is InChI=1S/C67H72N2O17/c1-5-8-9-14-19-46(4)83-61-44-60(69(76)77)57(43-59(61)68)48-22-24-49(25-23-48)64(72)84-53-27-20-47(21-28-53)45-82-66(74)58-42-50(65(73)85-54-33-29-51(30-34-54)78-38-15-10-12-17-40-80-62(70)6-2)26-37-56(58)67(75)86-55-35-31-52(32-36-55)79-39-16-11-13-18-41-81-63(71)7-3/h6-7,20-37,42-44,46H,2-3,5,8-19,38-41,45,68H2,1,4H3/t46-/m0/s1. The van der Waals surface area contributed by atoms with E-state index in [9.17, 15) is 38.9 Å². The first-order valence-electron chi connectivity index (χ1n) is 28.6. The van der Waals surface area contributed by atoms with Crippen molar-refractivity contribution >= 4 is 47.2 Å². The summed E-state index contributed by atoms with van der Waals surface area (Å²) in [6, 6.07) is 31.5. The number of anilines is 1. The van der Waals surface area contributed by atoms with Gasteiger partial charge in [0.25, 0.3) is 5.69 Å². The van der Waals surface area contributed by atoms with Crippen LogP contribution in [-0.4, -0.2) is 73.3 Å². The van der Waals surface area contributed by atoms with Crippen molar-refractivity contribution in [2.24, 2.45) is 0 Å². The summed E-state index contributed by atoms with van der Waals surface area (Å²) in [5.74, 6) is -2.50. The van der Waals surface area contributed by atoms with Gasteiger partial charge in [0.1, 0.15) is 41.1 Å². The first-order valence-corrected chi connectivity index (χ1v) is 28.6. The average molecular weight is 1180 g/mol. The molecule has 0 saturated carbocycles. The molecule has 0 unspecified atom stereocenters. The van der Waals surface area contributed by atoms with Crippen molar-refractivity contribution in [1.82, 2.24) is 0 Å². The predicted octanol–water partition coefficient (Wildman–Crippen LogP) is 13.9. The van der Waals surface area contributed by atoms with Crippen molar-refractivity contribution < 1.29 is 76.3 Å². The van der Waals surface area contributed by atoms with Crippen LogP contribution in [0.25, 0.3) is 11.1 Å². The second kappa shape index (κ2) is 34.7. The third-order valence-corrected chi connectivity index (χ3v) is 13.3. The molecule has 0 bridgehead atoms. The Balaban J connectivity index is 1.07. The van der Waals surface area contributed by atoms with E-state index in [-0.39, 0.29) is 74.9 Å². The Morgan fingerprint density at radius 2 is 1.00 bits per heavy atom. The molecule has 86 heavy (non-hydrogen) atoms. The van der Waals surface area contributed by atoms with E-state index in [0.29, 0.717) is 49.1 Å². The number of ether oxygens (including phenoxy) is 9. The van der Waals surface area contributed by atoms with Crippen LogP contribution in [0, 0.1) is 10.1 Å². The fourth-order valence-corrected chi connectivity index (χ4v) is 8.55. The number of nitro groups is 1. The molecule has 0 aliphatic heterocycles. The Kier molecular flexibility index (Phi) is 26.4. The fraction of sp³-hybridized carbons (Fsp3) is 0.313. The van der Waals surface area contributed by atoms with Gasteiger partial charge in [0.05, 0.1) is 77.0 Å². The Labute approximate surface area is 500 Å². The van der Waals surface area contributed by atoms with E-state index in [1.165, 1.54) is 66.7 Å². The number of nitrogen functional groups attached to an aromatic ring is 1. The number of rotatable bonds is 36. The first-order chi connectivity index (χ1) is 41.6. The lowest BCUT2D eigenvalue weighted by molar-refractivity contribution is -0.384. The van der Waals surface area contributed by atoms with E-state index in [2.05, 4.69) is 20.1 Å². The summed E-state index contributed by atoms with van der Waals surface area (Å²) >= 11 is 0. The number of carbonyl (C=O) groups is 6. The minimum Gasteiger partial charge on any atom is -0.494 e. The number of carbonyl (C=O) groups excluding carboxylic acids is 6. The van der Waals surface area contributed by atoms with Crippen molar-refractivity contribution in [2.75, 3.05) is 32.2 Å². The van der Waals surface area contributed by atoms with E-state index in [1.807, 2.05) is 6.92 Å². The molecular weight excluding hydrogens is 1100 g/mol. The van der Waals surface area contributed by atoms with Crippen molar-refractivity contribution in [3.63, 3.8) is 0 Å². The van der Waals surface area contributed by atoms with Crippen LogP contribution in [0.1, 0.15) is 144 Å². The molecule has 0 saturated heterocycles. The summed E-state index contributed by atoms with van der Waals surface area (Å²) in [5.41, 5.74) is 7.14. The van der Waals surface area contributed by atoms with E-state index in [0.717, 1.165) is 95.6 Å². The molecule has 452 valence electrons. The number of hydrogen-bond donors (Lipinski definition) is 1. The Morgan fingerprint density at radius 1 is 0.523 bits per heavy atom.